The fraction of sp³-hybridized carbons (Fsp3) is 0.231. The van der Waals surface area contributed by atoms with Gasteiger partial charge in [-0.3, -0.25) is 0 Å². The van der Waals surface area contributed by atoms with Crippen molar-refractivity contribution in [3.63, 3.8) is 0 Å². The molecule has 0 saturated heterocycles. The molecule has 0 bridgehead atoms. The molecule has 0 spiro atoms. The third-order valence-corrected chi connectivity index (χ3v) is 2.80. The van der Waals surface area contributed by atoms with Crippen molar-refractivity contribution >= 4 is 0 Å². The molecular weight excluding hydrogens is 236 g/mol. The van der Waals surface area contributed by atoms with E-state index in [1.54, 1.807) is 19.4 Å². The molecule has 1 unspecified atom stereocenters. The van der Waals surface area contributed by atoms with Gasteiger partial charge in [-0.2, -0.15) is 0 Å². The van der Waals surface area contributed by atoms with Gasteiger partial charge in [-0.1, -0.05) is 6.07 Å². The average molecular weight is 249 g/mol. The third kappa shape index (κ3) is 2.68. The molecule has 3 nitrogen and oxygen atoms in total. The molecule has 2 rings (SSSR count). The number of nitrogens with zero attached hydrogens (tertiary/aromatic N) is 2. The van der Waals surface area contributed by atoms with Crippen molar-refractivity contribution in [2.24, 2.45) is 0 Å². The van der Waals surface area contributed by atoms with E-state index in [0.29, 0.717) is 0 Å². The number of nitrogens with one attached hydrogen (secondary N) is 1. The Labute approximate surface area is 104 Å². The second-order valence-electron chi connectivity index (χ2n) is 3.92. The van der Waals surface area contributed by atoms with Crippen LogP contribution in [0, 0.1) is 11.6 Å². The SMILES string of the molecule is CNC(Cc1c(F)cccc1F)c1cncnc1. The van der Waals surface area contributed by atoms with Gasteiger partial charge in [0.25, 0.3) is 0 Å². The van der Waals surface area contributed by atoms with Gasteiger partial charge in [-0.05, 0) is 25.6 Å². The van der Waals surface area contributed by atoms with Crippen molar-refractivity contribution in [2.45, 2.75) is 12.5 Å². The van der Waals surface area contributed by atoms with E-state index in [-0.39, 0.29) is 18.0 Å². The largest absolute Gasteiger partial charge is 0.313 e. The first-order valence-corrected chi connectivity index (χ1v) is 5.57. The number of rotatable bonds is 4. The van der Waals surface area contributed by atoms with Crippen molar-refractivity contribution in [1.82, 2.24) is 15.3 Å². The van der Waals surface area contributed by atoms with Crippen LogP contribution in [0.2, 0.25) is 0 Å². The molecule has 94 valence electrons. The van der Waals surface area contributed by atoms with Crippen LogP contribution in [-0.4, -0.2) is 17.0 Å². The standard InChI is InChI=1S/C13H13F2N3/c1-16-13(9-6-17-8-18-7-9)5-10-11(14)3-2-4-12(10)15/h2-4,6-8,13,16H,5H2,1H3. The molecule has 2 aromatic rings. The van der Waals surface area contributed by atoms with Crippen LogP contribution >= 0.6 is 0 Å². The van der Waals surface area contributed by atoms with Crippen LogP contribution in [0.3, 0.4) is 0 Å². The molecule has 1 heterocycles. The zero-order valence-electron chi connectivity index (χ0n) is 9.90. The Balaban J connectivity index is 2.26. The summed E-state index contributed by atoms with van der Waals surface area (Å²) in [5.74, 6) is -1.07. The fourth-order valence-electron chi connectivity index (χ4n) is 1.81. The molecule has 0 amide bonds. The highest BCUT2D eigenvalue weighted by Crippen LogP contribution is 2.21. The summed E-state index contributed by atoms with van der Waals surface area (Å²) in [5.41, 5.74) is 0.864. The van der Waals surface area contributed by atoms with Crippen LogP contribution in [0.5, 0.6) is 0 Å². The number of aromatic nitrogens is 2. The normalized spacial score (nSPS) is 12.4. The first-order valence-electron chi connectivity index (χ1n) is 5.57. The zero-order valence-corrected chi connectivity index (χ0v) is 9.90. The van der Waals surface area contributed by atoms with E-state index in [0.717, 1.165) is 5.56 Å². The molecule has 18 heavy (non-hydrogen) atoms. The summed E-state index contributed by atoms with van der Waals surface area (Å²) in [5, 5.41) is 3.01. The van der Waals surface area contributed by atoms with Crippen molar-refractivity contribution in [1.29, 1.82) is 0 Å². The highest BCUT2D eigenvalue weighted by atomic mass is 19.1. The van der Waals surface area contributed by atoms with Gasteiger partial charge in [0, 0.05) is 29.6 Å². The number of hydrogen-bond acceptors (Lipinski definition) is 3. The smallest absolute Gasteiger partial charge is 0.129 e. The number of likely N-dealkylation sites (N-methyl/N-ethyl adjacent to an activating group) is 1. The lowest BCUT2D eigenvalue weighted by molar-refractivity contribution is 0.514. The van der Waals surface area contributed by atoms with Crippen molar-refractivity contribution in [2.75, 3.05) is 7.05 Å². The molecule has 1 N–H and O–H groups in total. The summed E-state index contributed by atoms with van der Waals surface area (Å²) in [4.78, 5) is 7.80. The molecule has 5 heteroatoms. The molecule has 1 atom stereocenters. The van der Waals surface area contributed by atoms with Crippen molar-refractivity contribution < 1.29 is 8.78 Å². The van der Waals surface area contributed by atoms with Gasteiger partial charge in [-0.25, -0.2) is 18.7 Å². The molecular formula is C13H13F2N3. The molecule has 0 aliphatic carbocycles. The molecule has 0 saturated carbocycles. The monoisotopic (exact) mass is 249 g/mol. The first kappa shape index (κ1) is 12.6. The minimum absolute atomic E-state index is 0.0701. The van der Waals surface area contributed by atoms with Crippen molar-refractivity contribution in [3.8, 4) is 0 Å². The Morgan fingerprint density at radius 2 is 1.78 bits per heavy atom. The Hall–Kier alpha value is -1.88. The maximum Gasteiger partial charge on any atom is 0.129 e. The van der Waals surface area contributed by atoms with Gasteiger partial charge in [0.05, 0.1) is 0 Å². The fourth-order valence-corrected chi connectivity index (χ4v) is 1.81. The van der Waals surface area contributed by atoms with E-state index in [1.165, 1.54) is 24.5 Å². The van der Waals surface area contributed by atoms with Crippen molar-refractivity contribution in [3.05, 3.63) is 59.7 Å². The average Bonchev–Trinajstić information content (AvgIpc) is 2.40. The predicted octanol–water partition coefficient (Wildman–Crippen LogP) is 2.26. The van der Waals surface area contributed by atoms with Gasteiger partial charge >= 0.3 is 0 Å². The minimum Gasteiger partial charge on any atom is -0.313 e. The lowest BCUT2D eigenvalue weighted by Crippen LogP contribution is -2.20. The quantitative estimate of drug-likeness (QED) is 0.903. The highest BCUT2D eigenvalue weighted by molar-refractivity contribution is 5.23. The van der Waals surface area contributed by atoms with Gasteiger partial charge in [0.1, 0.15) is 18.0 Å². The molecule has 0 aliphatic heterocycles. The van der Waals surface area contributed by atoms with Gasteiger partial charge in [0.2, 0.25) is 0 Å². The minimum atomic E-state index is -0.535. The second-order valence-corrected chi connectivity index (χ2v) is 3.92. The molecule has 1 aromatic carbocycles. The van der Waals surface area contributed by atoms with Gasteiger partial charge in [0.15, 0.2) is 0 Å². The summed E-state index contributed by atoms with van der Waals surface area (Å²) in [6.07, 6.45) is 4.89. The van der Waals surface area contributed by atoms with Crippen LogP contribution in [0.15, 0.2) is 36.9 Å². The number of hydrogen-bond donors (Lipinski definition) is 1. The lowest BCUT2D eigenvalue weighted by atomic mass is 10.0. The van der Waals surface area contributed by atoms with E-state index in [9.17, 15) is 8.78 Å². The highest BCUT2D eigenvalue weighted by Gasteiger charge is 2.16. The van der Waals surface area contributed by atoms with E-state index in [4.69, 9.17) is 0 Å². The summed E-state index contributed by atoms with van der Waals surface area (Å²) in [7, 11) is 1.73. The number of benzene rings is 1. The third-order valence-electron chi connectivity index (χ3n) is 2.80. The van der Waals surface area contributed by atoms with E-state index < -0.39 is 11.6 Å². The maximum atomic E-state index is 13.6. The van der Waals surface area contributed by atoms with Crippen LogP contribution in [0.4, 0.5) is 8.78 Å². The Morgan fingerprint density at radius 3 is 2.33 bits per heavy atom. The second kappa shape index (κ2) is 5.64. The Morgan fingerprint density at radius 1 is 1.17 bits per heavy atom. The first-order chi connectivity index (χ1) is 8.72. The van der Waals surface area contributed by atoms with Gasteiger partial charge in [-0.15, -0.1) is 0 Å². The Bertz CT molecular complexity index is 497. The topological polar surface area (TPSA) is 37.8 Å². The van der Waals surface area contributed by atoms with E-state index in [2.05, 4.69) is 15.3 Å². The Kier molecular flexibility index (Phi) is 3.94. The summed E-state index contributed by atoms with van der Waals surface area (Å²) >= 11 is 0. The van der Waals surface area contributed by atoms with Crippen LogP contribution in [-0.2, 0) is 6.42 Å². The number of halogens is 2. The molecule has 0 fully saturated rings. The summed E-state index contributed by atoms with van der Waals surface area (Å²) < 4.78 is 27.1. The van der Waals surface area contributed by atoms with Crippen LogP contribution in [0.25, 0.3) is 0 Å². The summed E-state index contributed by atoms with van der Waals surface area (Å²) in [6.45, 7) is 0. The summed E-state index contributed by atoms with van der Waals surface area (Å²) in [6, 6.07) is 3.64. The van der Waals surface area contributed by atoms with E-state index in [1.807, 2.05) is 0 Å². The zero-order chi connectivity index (χ0) is 13.0. The molecule has 0 aliphatic rings. The molecule has 0 radical (unpaired) electrons. The van der Waals surface area contributed by atoms with E-state index >= 15 is 0 Å². The van der Waals surface area contributed by atoms with Crippen LogP contribution < -0.4 is 5.32 Å². The lowest BCUT2D eigenvalue weighted by Gasteiger charge is -2.16. The molecule has 1 aromatic heterocycles. The van der Waals surface area contributed by atoms with Gasteiger partial charge < -0.3 is 5.32 Å². The maximum absolute atomic E-state index is 13.6. The predicted molar refractivity (Wildman–Crippen MR) is 63.9 cm³/mol. The van der Waals surface area contributed by atoms with Crippen LogP contribution in [0.1, 0.15) is 17.2 Å².